The van der Waals surface area contributed by atoms with E-state index < -0.39 is 0 Å². The average molecular weight is 336 g/mol. The summed E-state index contributed by atoms with van der Waals surface area (Å²) in [5, 5.41) is 3.37. The van der Waals surface area contributed by atoms with E-state index in [0.717, 1.165) is 19.5 Å². The van der Waals surface area contributed by atoms with Gasteiger partial charge in [-0.3, -0.25) is 9.59 Å². The van der Waals surface area contributed by atoms with Crippen molar-refractivity contribution in [1.82, 2.24) is 10.2 Å². The summed E-state index contributed by atoms with van der Waals surface area (Å²) >= 11 is 0. The summed E-state index contributed by atoms with van der Waals surface area (Å²) in [6.45, 7) is 2.31. The molecule has 1 aliphatic rings. The van der Waals surface area contributed by atoms with E-state index in [9.17, 15) is 9.59 Å². The first-order chi connectivity index (χ1) is 12.2. The van der Waals surface area contributed by atoms with Crippen molar-refractivity contribution < 1.29 is 9.59 Å². The third kappa shape index (κ3) is 4.77. The first kappa shape index (κ1) is 17.4. The van der Waals surface area contributed by atoms with Crippen molar-refractivity contribution in [1.29, 1.82) is 0 Å². The number of amides is 1. The molecule has 0 bridgehead atoms. The van der Waals surface area contributed by atoms with Crippen molar-refractivity contribution in [3.63, 3.8) is 0 Å². The van der Waals surface area contributed by atoms with Gasteiger partial charge in [-0.05, 0) is 12.0 Å². The zero-order valence-electron chi connectivity index (χ0n) is 14.4. The summed E-state index contributed by atoms with van der Waals surface area (Å²) in [4.78, 5) is 26.8. The molecule has 1 unspecified atom stereocenters. The highest BCUT2D eigenvalue weighted by Crippen LogP contribution is 2.14. The smallest absolute Gasteiger partial charge is 0.223 e. The number of benzene rings is 2. The van der Waals surface area contributed by atoms with E-state index in [1.54, 1.807) is 12.1 Å². The summed E-state index contributed by atoms with van der Waals surface area (Å²) in [7, 11) is 0. The van der Waals surface area contributed by atoms with Crippen LogP contribution in [0.5, 0.6) is 0 Å². The van der Waals surface area contributed by atoms with Crippen LogP contribution in [0.15, 0.2) is 60.7 Å². The first-order valence-corrected chi connectivity index (χ1v) is 8.86. The molecule has 0 saturated carbocycles. The number of rotatable bonds is 6. The summed E-state index contributed by atoms with van der Waals surface area (Å²) < 4.78 is 0. The van der Waals surface area contributed by atoms with Crippen molar-refractivity contribution in [2.45, 2.75) is 25.3 Å². The molecule has 0 radical (unpaired) electrons. The molecule has 130 valence electrons. The van der Waals surface area contributed by atoms with Gasteiger partial charge in [0, 0.05) is 44.1 Å². The molecule has 1 N–H and O–H groups in total. The van der Waals surface area contributed by atoms with Gasteiger partial charge in [-0.15, -0.1) is 0 Å². The quantitative estimate of drug-likeness (QED) is 0.825. The maximum atomic E-state index is 12.7. The third-order valence-electron chi connectivity index (χ3n) is 4.65. The predicted octanol–water partition coefficient (Wildman–Crippen LogP) is 2.69. The van der Waals surface area contributed by atoms with Gasteiger partial charge in [-0.2, -0.15) is 0 Å². The number of carbonyl (C=O) groups is 2. The molecule has 0 aromatic heterocycles. The van der Waals surface area contributed by atoms with E-state index in [2.05, 4.69) is 17.4 Å². The van der Waals surface area contributed by atoms with Crippen LogP contribution in [0.1, 0.15) is 28.8 Å². The molecule has 2 aromatic carbocycles. The Morgan fingerprint density at radius 3 is 2.36 bits per heavy atom. The van der Waals surface area contributed by atoms with Gasteiger partial charge in [0.1, 0.15) is 0 Å². The lowest BCUT2D eigenvalue weighted by atomic mass is 10.0. The Morgan fingerprint density at radius 2 is 1.64 bits per heavy atom. The maximum absolute atomic E-state index is 12.7. The SMILES string of the molecule is O=C(CCC(=O)N1CCNCC1Cc1ccccc1)c1ccccc1. The molecule has 1 amide bonds. The highest BCUT2D eigenvalue weighted by atomic mass is 16.2. The van der Waals surface area contributed by atoms with Gasteiger partial charge in [0.2, 0.25) is 5.91 Å². The molecule has 3 rings (SSSR count). The van der Waals surface area contributed by atoms with Crippen molar-refractivity contribution in [2.75, 3.05) is 19.6 Å². The van der Waals surface area contributed by atoms with E-state index in [4.69, 9.17) is 0 Å². The van der Waals surface area contributed by atoms with Crippen molar-refractivity contribution in [3.05, 3.63) is 71.8 Å². The molecule has 1 atom stereocenters. The minimum absolute atomic E-state index is 0.0312. The highest BCUT2D eigenvalue weighted by Gasteiger charge is 2.26. The second kappa shape index (κ2) is 8.58. The number of piperazine rings is 1. The number of hydrogen-bond acceptors (Lipinski definition) is 3. The Bertz CT molecular complexity index is 700. The van der Waals surface area contributed by atoms with Gasteiger partial charge in [-0.25, -0.2) is 0 Å². The molecule has 2 aromatic rings. The van der Waals surface area contributed by atoms with Crippen molar-refractivity contribution in [3.8, 4) is 0 Å². The lowest BCUT2D eigenvalue weighted by molar-refractivity contribution is -0.134. The minimum Gasteiger partial charge on any atom is -0.337 e. The Hall–Kier alpha value is -2.46. The van der Waals surface area contributed by atoms with Gasteiger partial charge in [0.25, 0.3) is 0 Å². The van der Waals surface area contributed by atoms with Crippen LogP contribution in [0.4, 0.5) is 0 Å². The molecule has 4 heteroatoms. The second-order valence-corrected chi connectivity index (χ2v) is 6.42. The molecule has 4 nitrogen and oxygen atoms in total. The first-order valence-electron chi connectivity index (χ1n) is 8.86. The zero-order chi connectivity index (χ0) is 17.5. The molecule has 1 heterocycles. The largest absolute Gasteiger partial charge is 0.337 e. The molecule has 1 aliphatic heterocycles. The molecular formula is C21H24N2O2. The number of ketones is 1. The molecule has 0 spiro atoms. The molecule has 0 aliphatic carbocycles. The molecule has 25 heavy (non-hydrogen) atoms. The predicted molar refractivity (Wildman–Crippen MR) is 98.5 cm³/mol. The third-order valence-corrected chi connectivity index (χ3v) is 4.65. The fourth-order valence-electron chi connectivity index (χ4n) is 3.29. The van der Waals surface area contributed by atoms with Crippen LogP contribution in [0.3, 0.4) is 0 Å². The van der Waals surface area contributed by atoms with Crippen LogP contribution in [-0.2, 0) is 11.2 Å². The van der Waals surface area contributed by atoms with E-state index in [1.807, 2.05) is 41.3 Å². The van der Waals surface area contributed by atoms with E-state index in [-0.39, 0.29) is 30.6 Å². The van der Waals surface area contributed by atoms with Crippen molar-refractivity contribution >= 4 is 11.7 Å². The molecule has 1 saturated heterocycles. The van der Waals surface area contributed by atoms with Crippen LogP contribution >= 0.6 is 0 Å². The van der Waals surface area contributed by atoms with Crippen LogP contribution in [-0.4, -0.2) is 42.3 Å². The topological polar surface area (TPSA) is 49.4 Å². The van der Waals surface area contributed by atoms with Gasteiger partial charge >= 0.3 is 0 Å². The normalized spacial score (nSPS) is 17.3. The van der Waals surface area contributed by atoms with E-state index in [1.165, 1.54) is 5.56 Å². The van der Waals surface area contributed by atoms with Crippen LogP contribution in [0.25, 0.3) is 0 Å². The van der Waals surface area contributed by atoms with Crippen LogP contribution < -0.4 is 5.32 Å². The minimum atomic E-state index is 0.0312. The highest BCUT2D eigenvalue weighted by molar-refractivity contribution is 5.97. The summed E-state index contributed by atoms with van der Waals surface area (Å²) in [6.07, 6.45) is 1.38. The lowest BCUT2D eigenvalue weighted by Gasteiger charge is -2.36. The maximum Gasteiger partial charge on any atom is 0.223 e. The van der Waals surface area contributed by atoms with Gasteiger partial charge < -0.3 is 10.2 Å². The van der Waals surface area contributed by atoms with Gasteiger partial charge in [0.15, 0.2) is 5.78 Å². The standard InChI is InChI=1S/C21H24N2O2/c24-20(18-9-5-2-6-10-18)11-12-21(25)23-14-13-22-16-19(23)15-17-7-3-1-4-8-17/h1-10,19,22H,11-16H2. The lowest BCUT2D eigenvalue weighted by Crippen LogP contribution is -2.54. The summed E-state index contributed by atoms with van der Waals surface area (Å²) in [5.41, 5.74) is 1.91. The average Bonchev–Trinajstić information content (AvgIpc) is 2.68. The number of hydrogen-bond donors (Lipinski definition) is 1. The van der Waals surface area contributed by atoms with Gasteiger partial charge in [-0.1, -0.05) is 60.7 Å². The van der Waals surface area contributed by atoms with E-state index in [0.29, 0.717) is 12.1 Å². The Labute approximate surface area is 148 Å². The van der Waals surface area contributed by atoms with E-state index >= 15 is 0 Å². The number of Topliss-reactive ketones (excluding diaryl/α,β-unsaturated/α-hetero) is 1. The zero-order valence-corrected chi connectivity index (χ0v) is 14.4. The number of carbonyl (C=O) groups excluding carboxylic acids is 2. The fraction of sp³-hybridized carbons (Fsp3) is 0.333. The van der Waals surface area contributed by atoms with Gasteiger partial charge in [0.05, 0.1) is 0 Å². The second-order valence-electron chi connectivity index (χ2n) is 6.42. The Kier molecular flexibility index (Phi) is 5.96. The molecule has 1 fully saturated rings. The Balaban J connectivity index is 1.58. The Morgan fingerprint density at radius 1 is 0.960 bits per heavy atom. The fourth-order valence-corrected chi connectivity index (χ4v) is 3.29. The van der Waals surface area contributed by atoms with Crippen LogP contribution in [0, 0.1) is 0 Å². The summed E-state index contributed by atoms with van der Waals surface area (Å²) in [5.74, 6) is 0.107. The molecular weight excluding hydrogens is 312 g/mol. The van der Waals surface area contributed by atoms with Crippen molar-refractivity contribution in [2.24, 2.45) is 0 Å². The monoisotopic (exact) mass is 336 g/mol. The summed E-state index contributed by atoms with van der Waals surface area (Å²) in [6, 6.07) is 19.6. The number of nitrogens with one attached hydrogen (secondary N) is 1. The van der Waals surface area contributed by atoms with Crippen LogP contribution in [0.2, 0.25) is 0 Å². The number of nitrogens with zero attached hydrogens (tertiary/aromatic N) is 1.